The van der Waals surface area contributed by atoms with Gasteiger partial charge in [-0.2, -0.15) is 0 Å². The van der Waals surface area contributed by atoms with Gasteiger partial charge in [-0.15, -0.1) is 0 Å². The number of hydrogen-bond acceptors (Lipinski definition) is 3. The third-order valence-corrected chi connectivity index (χ3v) is 3.52. The lowest BCUT2D eigenvalue weighted by molar-refractivity contribution is 0.0239. The summed E-state index contributed by atoms with van der Waals surface area (Å²) in [6.45, 7) is 5.73. The van der Waals surface area contributed by atoms with Crippen LogP contribution in [0.15, 0.2) is 0 Å². The molecule has 0 aliphatic carbocycles. The van der Waals surface area contributed by atoms with Gasteiger partial charge in [0.15, 0.2) is 0 Å². The largest absolute Gasteiger partial charge is 0.388 e. The van der Waals surface area contributed by atoms with Crippen LogP contribution in [-0.2, 0) is 4.74 Å². The molecule has 0 aromatic heterocycles. The first-order valence-electron chi connectivity index (χ1n) is 7.45. The van der Waals surface area contributed by atoms with Gasteiger partial charge in [-0.05, 0) is 25.7 Å². The molecule has 1 fully saturated rings. The van der Waals surface area contributed by atoms with E-state index in [1.54, 1.807) is 0 Å². The standard InChI is InChI=1S/C14H28N2O3/c1-3-7-14(18,8-4-2)11-16-13(17)15-10-12-6-5-9-19-12/h12,18H,3-11H2,1-2H3,(H2,15,16,17). The van der Waals surface area contributed by atoms with E-state index in [-0.39, 0.29) is 12.1 Å². The SMILES string of the molecule is CCCC(O)(CCC)CNC(=O)NCC1CCCO1. The van der Waals surface area contributed by atoms with E-state index in [1.165, 1.54) is 0 Å². The molecule has 19 heavy (non-hydrogen) atoms. The summed E-state index contributed by atoms with van der Waals surface area (Å²) in [5.74, 6) is 0. The molecule has 3 N–H and O–H groups in total. The maximum absolute atomic E-state index is 11.7. The highest BCUT2D eigenvalue weighted by Gasteiger charge is 2.25. The number of carbonyl (C=O) groups excluding carboxylic acids is 1. The summed E-state index contributed by atoms with van der Waals surface area (Å²) in [5, 5.41) is 15.9. The Balaban J connectivity index is 2.22. The van der Waals surface area contributed by atoms with E-state index in [2.05, 4.69) is 10.6 Å². The summed E-state index contributed by atoms with van der Waals surface area (Å²) >= 11 is 0. The van der Waals surface area contributed by atoms with E-state index >= 15 is 0 Å². The fraction of sp³-hybridized carbons (Fsp3) is 0.929. The van der Waals surface area contributed by atoms with E-state index < -0.39 is 5.60 Å². The monoisotopic (exact) mass is 272 g/mol. The number of carbonyl (C=O) groups is 1. The van der Waals surface area contributed by atoms with Crippen molar-refractivity contribution in [3.8, 4) is 0 Å². The molecule has 112 valence electrons. The van der Waals surface area contributed by atoms with Crippen LogP contribution in [0.5, 0.6) is 0 Å². The van der Waals surface area contributed by atoms with Gasteiger partial charge < -0.3 is 20.5 Å². The van der Waals surface area contributed by atoms with Gasteiger partial charge in [0.05, 0.1) is 11.7 Å². The smallest absolute Gasteiger partial charge is 0.314 e. The van der Waals surface area contributed by atoms with Gasteiger partial charge in [0.2, 0.25) is 0 Å². The van der Waals surface area contributed by atoms with Crippen LogP contribution in [0.3, 0.4) is 0 Å². The highest BCUT2D eigenvalue weighted by Crippen LogP contribution is 2.18. The molecule has 0 radical (unpaired) electrons. The van der Waals surface area contributed by atoms with E-state index in [9.17, 15) is 9.90 Å². The first-order valence-corrected chi connectivity index (χ1v) is 7.45. The van der Waals surface area contributed by atoms with Gasteiger partial charge in [-0.25, -0.2) is 4.79 Å². The van der Waals surface area contributed by atoms with Crippen molar-refractivity contribution in [1.29, 1.82) is 0 Å². The second-order valence-corrected chi connectivity index (χ2v) is 5.42. The summed E-state index contributed by atoms with van der Waals surface area (Å²) in [4.78, 5) is 11.7. The maximum Gasteiger partial charge on any atom is 0.314 e. The van der Waals surface area contributed by atoms with Crippen LogP contribution in [-0.4, -0.2) is 42.5 Å². The highest BCUT2D eigenvalue weighted by molar-refractivity contribution is 5.73. The molecule has 1 unspecified atom stereocenters. The van der Waals surface area contributed by atoms with Crippen LogP contribution < -0.4 is 10.6 Å². The summed E-state index contributed by atoms with van der Waals surface area (Å²) in [7, 11) is 0. The lowest BCUT2D eigenvalue weighted by Gasteiger charge is -2.27. The van der Waals surface area contributed by atoms with Gasteiger partial charge in [-0.3, -0.25) is 0 Å². The fourth-order valence-electron chi connectivity index (χ4n) is 2.55. The van der Waals surface area contributed by atoms with E-state index in [0.29, 0.717) is 25.9 Å². The van der Waals surface area contributed by atoms with Crippen LogP contribution in [0.1, 0.15) is 52.4 Å². The van der Waals surface area contributed by atoms with Crippen molar-refractivity contribution in [1.82, 2.24) is 10.6 Å². The molecule has 1 heterocycles. The van der Waals surface area contributed by atoms with Crippen molar-refractivity contribution in [3.63, 3.8) is 0 Å². The van der Waals surface area contributed by atoms with Gasteiger partial charge in [0, 0.05) is 19.7 Å². The van der Waals surface area contributed by atoms with Crippen molar-refractivity contribution >= 4 is 6.03 Å². The number of amides is 2. The number of nitrogens with one attached hydrogen (secondary N) is 2. The maximum atomic E-state index is 11.7. The molecule has 0 spiro atoms. The summed E-state index contributed by atoms with van der Waals surface area (Å²) in [6, 6.07) is -0.221. The number of rotatable bonds is 8. The number of aliphatic hydroxyl groups is 1. The minimum absolute atomic E-state index is 0.149. The minimum atomic E-state index is -0.773. The first-order chi connectivity index (χ1) is 9.09. The van der Waals surface area contributed by atoms with Crippen LogP contribution in [0.4, 0.5) is 4.79 Å². The Morgan fingerprint density at radius 3 is 2.53 bits per heavy atom. The number of ether oxygens (including phenoxy) is 1. The minimum Gasteiger partial charge on any atom is -0.388 e. The third-order valence-electron chi connectivity index (χ3n) is 3.52. The second-order valence-electron chi connectivity index (χ2n) is 5.42. The van der Waals surface area contributed by atoms with E-state index in [4.69, 9.17) is 4.74 Å². The molecular formula is C14H28N2O3. The van der Waals surface area contributed by atoms with Gasteiger partial charge in [-0.1, -0.05) is 26.7 Å². The molecule has 1 aliphatic rings. The topological polar surface area (TPSA) is 70.6 Å². The van der Waals surface area contributed by atoms with Gasteiger partial charge in [0.25, 0.3) is 0 Å². The average Bonchev–Trinajstić information content (AvgIpc) is 2.88. The van der Waals surface area contributed by atoms with Crippen LogP contribution in [0.25, 0.3) is 0 Å². The lowest BCUT2D eigenvalue weighted by atomic mass is 9.93. The van der Waals surface area contributed by atoms with E-state index in [0.717, 1.165) is 32.3 Å². The normalized spacial score (nSPS) is 19.4. The molecule has 5 heteroatoms. The Morgan fingerprint density at radius 2 is 2.00 bits per heavy atom. The molecular weight excluding hydrogens is 244 g/mol. The molecule has 1 saturated heterocycles. The number of hydrogen-bond donors (Lipinski definition) is 3. The van der Waals surface area contributed by atoms with Crippen LogP contribution >= 0.6 is 0 Å². The molecule has 0 aromatic carbocycles. The Labute approximate surface area is 116 Å². The highest BCUT2D eigenvalue weighted by atomic mass is 16.5. The zero-order valence-electron chi connectivity index (χ0n) is 12.2. The average molecular weight is 272 g/mol. The molecule has 2 amide bonds. The first kappa shape index (κ1) is 16.2. The Hall–Kier alpha value is -0.810. The molecule has 0 saturated carbocycles. The van der Waals surface area contributed by atoms with Gasteiger partial charge >= 0.3 is 6.03 Å². The van der Waals surface area contributed by atoms with Crippen molar-refractivity contribution < 1.29 is 14.6 Å². The summed E-state index contributed by atoms with van der Waals surface area (Å²) in [6.07, 6.45) is 5.48. The van der Waals surface area contributed by atoms with Crippen molar-refractivity contribution in [3.05, 3.63) is 0 Å². The molecule has 0 bridgehead atoms. The Bertz CT molecular complexity index is 259. The predicted octanol–water partition coefficient (Wildman–Crippen LogP) is 1.80. The zero-order valence-corrected chi connectivity index (χ0v) is 12.2. The summed E-state index contributed by atoms with van der Waals surface area (Å²) < 4.78 is 5.43. The van der Waals surface area contributed by atoms with Gasteiger partial charge in [0.1, 0.15) is 0 Å². The molecule has 1 atom stereocenters. The molecule has 1 aliphatic heterocycles. The third kappa shape index (κ3) is 6.25. The fourth-order valence-corrected chi connectivity index (χ4v) is 2.55. The Kier molecular flexibility index (Phi) is 7.16. The molecule has 5 nitrogen and oxygen atoms in total. The van der Waals surface area contributed by atoms with Crippen LogP contribution in [0, 0.1) is 0 Å². The second kappa shape index (κ2) is 8.38. The molecule has 0 aromatic rings. The lowest BCUT2D eigenvalue weighted by Crippen LogP contribution is -2.47. The quantitative estimate of drug-likeness (QED) is 0.631. The van der Waals surface area contributed by atoms with Crippen LogP contribution in [0.2, 0.25) is 0 Å². The van der Waals surface area contributed by atoms with Crippen molar-refractivity contribution in [2.45, 2.75) is 64.1 Å². The number of urea groups is 1. The van der Waals surface area contributed by atoms with Crippen molar-refractivity contribution in [2.24, 2.45) is 0 Å². The Morgan fingerprint density at radius 1 is 1.32 bits per heavy atom. The predicted molar refractivity (Wildman–Crippen MR) is 75.1 cm³/mol. The van der Waals surface area contributed by atoms with E-state index in [1.807, 2.05) is 13.8 Å². The van der Waals surface area contributed by atoms with Crippen molar-refractivity contribution in [2.75, 3.05) is 19.7 Å². The molecule has 1 rings (SSSR count). The zero-order chi connectivity index (χ0) is 14.1. The summed E-state index contributed by atoms with van der Waals surface area (Å²) in [5.41, 5.74) is -0.773.